The summed E-state index contributed by atoms with van der Waals surface area (Å²) in [6, 6.07) is 4.91. The second kappa shape index (κ2) is 6.50. The number of fused-ring (bicyclic) bond motifs is 3. The molecule has 0 saturated carbocycles. The second-order valence-electron chi connectivity index (χ2n) is 7.78. The minimum atomic E-state index is -2.85. The molecule has 5 rings (SSSR count). The molecule has 1 aliphatic heterocycles. The molecule has 1 aliphatic rings. The number of hydrogen-bond donors (Lipinski definition) is 0. The highest BCUT2D eigenvalue weighted by molar-refractivity contribution is 7.11. The van der Waals surface area contributed by atoms with Crippen LogP contribution in [0.2, 0.25) is 0 Å². The predicted molar refractivity (Wildman–Crippen MR) is 109 cm³/mol. The fourth-order valence-electron chi connectivity index (χ4n) is 4.17. The summed E-state index contributed by atoms with van der Waals surface area (Å²) < 4.78 is 31.8. The van der Waals surface area contributed by atoms with Crippen molar-refractivity contribution in [1.29, 1.82) is 0 Å². The maximum absolute atomic E-state index is 15.0. The van der Waals surface area contributed by atoms with Crippen molar-refractivity contribution in [2.75, 3.05) is 20.1 Å². The van der Waals surface area contributed by atoms with Crippen LogP contribution in [0.3, 0.4) is 0 Å². The average molecular weight is 414 g/mol. The molecular formula is C20H20F2N6S. The van der Waals surface area contributed by atoms with E-state index in [0.717, 1.165) is 32.0 Å². The molecule has 29 heavy (non-hydrogen) atoms. The van der Waals surface area contributed by atoms with Crippen LogP contribution in [-0.4, -0.2) is 55.7 Å². The van der Waals surface area contributed by atoms with Crippen LogP contribution in [0.5, 0.6) is 0 Å². The first-order valence-electron chi connectivity index (χ1n) is 9.43. The largest absolute Gasteiger partial charge is 0.316 e. The van der Waals surface area contributed by atoms with E-state index in [4.69, 9.17) is 4.98 Å². The van der Waals surface area contributed by atoms with E-state index in [-0.39, 0.29) is 13.1 Å². The summed E-state index contributed by atoms with van der Waals surface area (Å²) in [5, 5.41) is 10.7. The molecule has 0 N–H and O–H groups in total. The van der Waals surface area contributed by atoms with Gasteiger partial charge in [0.1, 0.15) is 27.4 Å². The summed E-state index contributed by atoms with van der Waals surface area (Å²) in [6.07, 6.45) is 2.04. The maximum Gasteiger partial charge on any atom is 0.282 e. The van der Waals surface area contributed by atoms with Crippen molar-refractivity contribution in [3.63, 3.8) is 0 Å². The molecule has 0 amide bonds. The number of rotatable bonds is 3. The fraction of sp³-hybridized carbons (Fsp3) is 0.400. The lowest BCUT2D eigenvalue weighted by Crippen LogP contribution is -2.30. The molecule has 0 aliphatic carbocycles. The predicted octanol–water partition coefficient (Wildman–Crippen LogP) is 3.77. The average Bonchev–Trinajstić information content (AvgIpc) is 3.29. The van der Waals surface area contributed by atoms with Crippen LogP contribution in [0.25, 0.3) is 21.9 Å². The molecule has 4 heterocycles. The lowest BCUT2D eigenvalue weighted by atomic mass is 10.1. The van der Waals surface area contributed by atoms with E-state index in [2.05, 4.69) is 15.2 Å². The van der Waals surface area contributed by atoms with Gasteiger partial charge in [0.15, 0.2) is 0 Å². The fourth-order valence-corrected chi connectivity index (χ4v) is 4.88. The number of nitrogens with zero attached hydrogens (tertiary/aromatic N) is 6. The monoisotopic (exact) mass is 414 g/mol. The number of pyridine rings is 1. The lowest BCUT2D eigenvalue weighted by Gasteiger charge is -2.22. The topological polar surface area (TPSA) is 59.7 Å². The molecule has 1 atom stereocenters. The van der Waals surface area contributed by atoms with Gasteiger partial charge >= 0.3 is 0 Å². The molecule has 0 spiro atoms. The van der Waals surface area contributed by atoms with Crippen molar-refractivity contribution in [2.45, 2.75) is 32.2 Å². The van der Waals surface area contributed by atoms with Gasteiger partial charge in [-0.3, -0.25) is 9.88 Å². The SMILES string of the molecule is Cc1ccc2ncc3nc(Cc4nnc(C)s4)n(C4CN(C)CC4(F)F)c3c2c1. The Labute approximate surface area is 170 Å². The molecule has 0 radical (unpaired) electrons. The molecule has 4 aromatic rings. The summed E-state index contributed by atoms with van der Waals surface area (Å²) in [7, 11) is 1.73. The molecule has 1 saturated heterocycles. The number of halogens is 2. The summed E-state index contributed by atoms with van der Waals surface area (Å²) in [5.74, 6) is -2.28. The summed E-state index contributed by atoms with van der Waals surface area (Å²) in [4.78, 5) is 10.9. The van der Waals surface area contributed by atoms with Crippen molar-refractivity contribution < 1.29 is 8.78 Å². The standard InChI is InChI=1S/C20H20F2N6S/c1-11-4-5-14-13(6-11)19-15(8-23-14)24-17(7-18-26-25-12(2)29-18)28(19)16-9-27(3)10-20(16,21)22/h4-6,8,16H,7,9-10H2,1-3H3. The number of aryl methyl sites for hydroxylation is 2. The van der Waals surface area contributed by atoms with Crippen molar-refractivity contribution >= 4 is 33.3 Å². The number of likely N-dealkylation sites (N-methyl/N-ethyl adjacent to an activating group) is 1. The molecule has 9 heteroatoms. The van der Waals surface area contributed by atoms with Gasteiger partial charge < -0.3 is 4.57 Å². The Balaban J connectivity index is 1.79. The molecule has 1 aromatic carbocycles. The van der Waals surface area contributed by atoms with Crippen molar-refractivity contribution in [3.8, 4) is 0 Å². The first-order valence-corrected chi connectivity index (χ1v) is 10.2. The van der Waals surface area contributed by atoms with E-state index < -0.39 is 12.0 Å². The number of likely N-dealkylation sites (tertiary alicyclic amines) is 1. The Bertz CT molecular complexity index is 1230. The Morgan fingerprint density at radius 1 is 1.21 bits per heavy atom. The highest BCUT2D eigenvalue weighted by Crippen LogP contribution is 2.40. The van der Waals surface area contributed by atoms with Crippen LogP contribution in [0.1, 0.15) is 27.4 Å². The third-order valence-corrected chi connectivity index (χ3v) is 6.22. The molecule has 1 unspecified atom stereocenters. The second-order valence-corrected chi connectivity index (χ2v) is 9.04. The van der Waals surface area contributed by atoms with E-state index >= 15 is 8.78 Å². The van der Waals surface area contributed by atoms with Gasteiger partial charge in [0.25, 0.3) is 5.92 Å². The van der Waals surface area contributed by atoms with Crippen molar-refractivity contribution in [1.82, 2.24) is 29.6 Å². The Hall–Kier alpha value is -2.52. The zero-order valence-corrected chi connectivity index (χ0v) is 17.2. The van der Waals surface area contributed by atoms with E-state index in [9.17, 15) is 0 Å². The minimum absolute atomic E-state index is 0.260. The molecular weight excluding hydrogens is 394 g/mol. The number of alkyl halides is 2. The smallest absolute Gasteiger partial charge is 0.282 e. The summed E-state index contributed by atoms with van der Waals surface area (Å²) in [6.45, 7) is 3.86. The number of hydrogen-bond acceptors (Lipinski definition) is 6. The van der Waals surface area contributed by atoms with Crippen molar-refractivity contribution in [2.24, 2.45) is 0 Å². The van der Waals surface area contributed by atoms with Gasteiger partial charge in [-0.2, -0.15) is 0 Å². The third-order valence-electron chi connectivity index (χ3n) is 5.39. The number of benzene rings is 1. The summed E-state index contributed by atoms with van der Waals surface area (Å²) >= 11 is 1.46. The van der Waals surface area contributed by atoms with Gasteiger partial charge in [-0.25, -0.2) is 13.8 Å². The van der Waals surface area contributed by atoms with Crippen LogP contribution < -0.4 is 0 Å². The first kappa shape index (κ1) is 18.5. The van der Waals surface area contributed by atoms with E-state index in [1.807, 2.05) is 32.0 Å². The van der Waals surface area contributed by atoms with Crippen LogP contribution in [0, 0.1) is 13.8 Å². The third kappa shape index (κ3) is 3.08. The Morgan fingerprint density at radius 2 is 2.03 bits per heavy atom. The minimum Gasteiger partial charge on any atom is -0.316 e. The zero-order valence-electron chi connectivity index (χ0n) is 16.4. The van der Waals surface area contributed by atoms with Crippen LogP contribution in [0.15, 0.2) is 24.4 Å². The quantitative estimate of drug-likeness (QED) is 0.511. The van der Waals surface area contributed by atoms with Gasteiger partial charge in [-0.05, 0) is 33.0 Å². The lowest BCUT2D eigenvalue weighted by molar-refractivity contribution is -0.0200. The Kier molecular flexibility index (Phi) is 4.15. The molecule has 3 aromatic heterocycles. The zero-order chi connectivity index (χ0) is 20.3. The van der Waals surface area contributed by atoms with Crippen LogP contribution >= 0.6 is 11.3 Å². The number of aromatic nitrogens is 5. The molecule has 150 valence electrons. The highest BCUT2D eigenvalue weighted by atomic mass is 32.1. The van der Waals surface area contributed by atoms with Gasteiger partial charge in [0, 0.05) is 11.9 Å². The first-order chi connectivity index (χ1) is 13.8. The molecule has 1 fully saturated rings. The van der Waals surface area contributed by atoms with Crippen molar-refractivity contribution in [3.05, 3.63) is 45.8 Å². The van der Waals surface area contributed by atoms with Crippen LogP contribution in [-0.2, 0) is 6.42 Å². The highest BCUT2D eigenvalue weighted by Gasteiger charge is 2.49. The van der Waals surface area contributed by atoms with Gasteiger partial charge in [0.05, 0.1) is 30.2 Å². The molecule has 6 nitrogen and oxygen atoms in total. The number of imidazole rings is 1. The normalized spacial score (nSPS) is 19.6. The van der Waals surface area contributed by atoms with Gasteiger partial charge in [-0.15, -0.1) is 21.5 Å². The summed E-state index contributed by atoms with van der Waals surface area (Å²) in [5.41, 5.74) is 3.17. The van der Waals surface area contributed by atoms with Gasteiger partial charge in [0.2, 0.25) is 0 Å². The van der Waals surface area contributed by atoms with Crippen LogP contribution in [0.4, 0.5) is 8.78 Å². The van der Waals surface area contributed by atoms with Gasteiger partial charge in [-0.1, -0.05) is 11.6 Å². The van der Waals surface area contributed by atoms with E-state index in [1.165, 1.54) is 11.3 Å². The van der Waals surface area contributed by atoms with E-state index in [1.54, 1.807) is 22.7 Å². The Morgan fingerprint density at radius 3 is 2.72 bits per heavy atom. The van der Waals surface area contributed by atoms with E-state index in [0.29, 0.717) is 17.8 Å². The maximum atomic E-state index is 15.0. The molecule has 0 bridgehead atoms.